The van der Waals surface area contributed by atoms with Gasteiger partial charge in [0, 0.05) is 24.5 Å². The van der Waals surface area contributed by atoms with Crippen molar-refractivity contribution in [2.75, 3.05) is 19.1 Å². The molecule has 0 amide bonds. The van der Waals surface area contributed by atoms with Crippen LogP contribution in [0.5, 0.6) is 5.75 Å². The fourth-order valence-corrected chi connectivity index (χ4v) is 2.50. The van der Waals surface area contributed by atoms with Gasteiger partial charge in [0.2, 0.25) is 0 Å². The van der Waals surface area contributed by atoms with Crippen LogP contribution in [-0.2, 0) is 6.61 Å². The van der Waals surface area contributed by atoms with E-state index in [2.05, 4.69) is 41.3 Å². The molecule has 0 saturated heterocycles. The van der Waals surface area contributed by atoms with Gasteiger partial charge in [-0.1, -0.05) is 31.6 Å². The lowest BCUT2D eigenvalue weighted by molar-refractivity contribution is 0.305. The van der Waals surface area contributed by atoms with E-state index in [1.165, 1.54) is 12.8 Å². The minimum Gasteiger partial charge on any atom is -0.489 e. The Labute approximate surface area is 144 Å². The van der Waals surface area contributed by atoms with Gasteiger partial charge in [-0.25, -0.2) is 0 Å². The molecule has 1 atom stereocenters. The summed E-state index contributed by atoms with van der Waals surface area (Å²) in [4.78, 5) is 4.56. The van der Waals surface area contributed by atoms with Gasteiger partial charge in [0.05, 0.1) is 12.7 Å². The molecule has 0 aliphatic rings. The van der Waals surface area contributed by atoms with Gasteiger partial charge >= 0.3 is 0 Å². The lowest BCUT2D eigenvalue weighted by Gasteiger charge is -2.13. The topological polar surface area (TPSA) is 50.1 Å². The molecule has 0 spiro atoms. The van der Waals surface area contributed by atoms with Gasteiger partial charge in [-0.2, -0.15) is 5.11 Å². The molecule has 2 rings (SSSR count). The predicted molar refractivity (Wildman–Crippen MR) is 97.5 cm³/mol. The second-order valence-electron chi connectivity index (χ2n) is 5.88. The van der Waals surface area contributed by atoms with Crippen LogP contribution in [0.2, 0.25) is 0 Å². The fourth-order valence-electron chi connectivity index (χ4n) is 2.50. The lowest BCUT2D eigenvalue weighted by atomic mass is 10.0. The molecular formula is C19H26N4O. The lowest BCUT2D eigenvalue weighted by Crippen LogP contribution is -2.06. The zero-order chi connectivity index (χ0) is 17.4. The first-order valence-corrected chi connectivity index (χ1v) is 8.35. The largest absolute Gasteiger partial charge is 0.489 e. The number of anilines is 1. The van der Waals surface area contributed by atoms with E-state index in [1.54, 1.807) is 12.1 Å². The van der Waals surface area contributed by atoms with Crippen LogP contribution in [0, 0.1) is 0 Å². The van der Waals surface area contributed by atoms with Gasteiger partial charge in [0.1, 0.15) is 12.4 Å². The van der Waals surface area contributed by atoms with Crippen molar-refractivity contribution in [1.82, 2.24) is 4.98 Å². The Morgan fingerprint density at radius 2 is 1.92 bits per heavy atom. The molecule has 0 bridgehead atoms. The summed E-state index contributed by atoms with van der Waals surface area (Å²) in [5, 5.41) is 9.43. The first-order chi connectivity index (χ1) is 11.6. The van der Waals surface area contributed by atoms with Gasteiger partial charge in [0.15, 0.2) is 0 Å². The van der Waals surface area contributed by atoms with E-state index in [-0.39, 0.29) is 0 Å². The van der Waals surface area contributed by atoms with Gasteiger partial charge in [-0.15, -0.1) is 0 Å². The highest BCUT2D eigenvalue weighted by atomic mass is 16.5. The molecule has 5 nitrogen and oxygen atoms in total. The molecule has 1 aromatic carbocycles. The molecule has 2 aromatic rings. The first-order valence-electron chi connectivity index (χ1n) is 8.35. The molecular weight excluding hydrogens is 300 g/mol. The number of benzene rings is 1. The van der Waals surface area contributed by atoms with Gasteiger partial charge in [-0.05, 0) is 42.7 Å². The van der Waals surface area contributed by atoms with Crippen molar-refractivity contribution in [3.63, 3.8) is 0 Å². The van der Waals surface area contributed by atoms with Gasteiger partial charge in [-0.3, -0.25) is 9.99 Å². The first kappa shape index (κ1) is 17.9. The van der Waals surface area contributed by atoms with Crippen molar-refractivity contribution < 1.29 is 4.74 Å². The third-order valence-corrected chi connectivity index (χ3v) is 3.91. The Hall–Kier alpha value is -2.43. The summed E-state index contributed by atoms with van der Waals surface area (Å²) in [5.74, 6) is 1.33. The second kappa shape index (κ2) is 9.01. The van der Waals surface area contributed by atoms with Crippen LogP contribution in [0.1, 0.15) is 43.9 Å². The van der Waals surface area contributed by atoms with Crippen LogP contribution >= 0.6 is 0 Å². The molecule has 0 fully saturated rings. The fraction of sp³-hybridized carbons (Fsp3) is 0.421. The molecule has 24 heavy (non-hydrogen) atoms. The van der Waals surface area contributed by atoms with Crippen LogP contribution in [0.3, 0.4) is 0 Å². The van der Waals surface area contributed by atoms with E-state index in [0.717, 1.165) is 22.7 Å². The number of pyridine rings is 1. The number of nitrogens with zero attached hydrogens (tertiary/aromatic N) is 4. The number of rotatable bonds is 8. The molecule has 1 unspecified atom stereocenters. The molecule has 0 saturated carbocycles. The Balaban J connectivity index is 1.91. The normalized spacial score (nSPS) is 12.3. The average Bonchev–Trinajstić information content (AvgIpc) is 2.61. The molecule has 5 heteroatoms. The Bertz CT molecular complexity index is 637. The van der Waals surface area contributed by atoms with Crippen molar-refractivity contribution >= 4 is 5.69 Å². The predicted octanol–water partition coefficient (Wildman–Crippen LogP) is 5.00. The maximum absolute atomic E-state index is 5.82. The molecule has 0 radical (unpaired) electrons. The van der Waals surface area contributed by atoms with Crippen LogP contribution in [0.25, 0.3) is 0 Å². The highest BCUT2D eigenvalue weighted by Crippen LogP contribution is 2.21. The van der Waals surface area contributed by atoms with E-state index in [1.807, 2.05) is 37.5 Å². The summed E-state index contributed by atoms with van der Waals surface area (Å²) < 4.78 is 5.82. The van der Waals surface area contributed by atoms with Crippen LogP contribution in [0.15, 0.2) is 52.9 Å². The van der Waals surface area contributed by atoms with Crippen molar-refractivity contribution in [2.45, 2.75) is 39.2 Å². The van der Waals surface area contributed by atoms with E-state index >= 15 is 0 Å². The maximum Gasteiger partial charge on any atom is 0.119 e. The van der Waals surface area contributed by atoms with E-state index in [0.29, 0.717) is 12.5 Å². The maximum atomic E-state index is 5.82. The van der Waals surface area contributed by atoms with Crippen molar-refractivity contribution in [3.8, 4) is 5.75 Å². The van der Waals surface area contributed by atoms with E-state index in [4.69, 9.17) is 4.74 Å². The molecule has 0 N–H and O–H groups in total. The van der Waals surface area contributed by atoms with Crippen molar-refractivity contribution in [1.29, 1.82) is 0 Å². The highest BCUT2D eigenvalue weighted by molar-refractivity contribution is 5.47. The average molecular weight is 326 g/mol. The molecule has 1 aromatic heterocycles. The second-order valence-corrected chi connectivity index (χ2v) is 5.88. The van der Waals surface area contributed by atoms with E-state index < -0.39 is 0 Å². The number of hydrogen-bond donors (Lipinski definition) is 0. The zero-order valence-corrected chi connectivity index (χ0v) is 14.9. The molecule has 0 aliphatic carbocycles. The number of aromatic nitrogens is 1. The van der Waals surface area contributed by atoms with Gasteiger partial charge < -0.3 is 4.74 Å². The monoisotopic (exact) mass is 326 g/mol. The van der Waals surface area contributed by atoms with E-state index in [9.17, 15) is 0 Å². The smallest absolute Gasteiger partial charge is 0.119 e. The summed E-state index contributed by atoms with van der Waals surface area (Å²) in [7, 11) is 3.51. The third-order valence-electron chi connectivity index (χ3n) is 3.91. The Morgan fingerprint density at radius 1 is 1.17 bits per heavy atom. The van der Waals surface area contributed by atoms with Crippen molar-refractivity contribution in [3.05, 3.63) is 53.9 Å². The molecule has 128 valence electrons. The molecule has 0 aliphatic heterocycles. The summed E-state index contributed by atoms with van der Waals surface area (Å²) in [6.07, 6.45) is 4.25. The minimum absolute atomic E-state index is 0.509. The number of hydrogen-bond acceptors (Lipinski definition) is 4. The van der Waals surface area contributed by atoms with Crippen LogP contribution in [-0.4, -0.2) is 19.1 Å². The SMILES string of the molecule is CCCC(C)c1ccc(COc2ccc(N(C)N=NC)cc2)cn1. The van der Waals surface area contributed by atoms with Crippen LogP contribution < -0.4 is 9.75 Å². The highest BCUT2D eigenvalue weighted by Gasteiger charge is 2.06. The Morgan fingerprint density at radius 3 is 2.50 bits per heavy atom. The van der Waals surface area contributed by atoms with Crippen molar-refractivity contribution in [2.24, 2.45) is 10.3 Å². The number of ether oxygens (including phenoxy) is 1. The quantitative estimate of drug-likeness (QED) is 0.507. The standard InChI is InChI=1S/C19H26N4O/c1-5-6-15(2)19-12-7-16(13-21-19)14-24-18-10-8-17(9-11-18)23(4)22-20-3/h7-13,15H,5-6,14H2,1-4H3. The minimum atomic E-state index is 0.509. The Kier molecular flexibility index (Phi) is 6.73. The van der Waals surface area contributed by atoms with Gasteiger partial charge in [0.25, 0.3) is 0 Å². The third kappa shape index (κ3) is 5.05. The van der Waals surface area contributed by atoms with Crippen LogP contribution in [0.4, 0.5) is 5.69 Å². The summed E-state index contributed by atoms with van der Waals surface area (Å²) in [6, 6.07) is 12.0. The summed E-state index contributed by atoms with van der Waals surface area (Å²) in [5.41, 5.74) is 3.19. The summed E-state index contributed by atoms with van der Waals surface area (Å²) in [6.45, 7) is 4.94. The molecule has 1 heterocycles. The zero-order valence-electron chi connectivity index (χ0n) is 14.9. The summed E-state index contributed by atoms with van der Waals surface area (Å²) >= 11 is 0.